The molecule has 0 radical (unpaired) electrons. The fourth-order valence-electron chi connectivity index (χ4n) is 1.60. The highest BCUT2D eigenvalue weighted by Gasteiger charge is 2.11. The van der Waals surface area contributed by atoms with Gasteiger partial charge in [-0.3, -0.25) is 4.79 Å². The molecule has 1 amide bonds. The minimum atomic E-state index is -0.360. The number of hydrogen-bond acceptors (Lipinski definition) is 4. The van der Waals surface area contributed by atoms with Crippen molar-refractivity contribution in [2.24, 2.45) is 0 Å². The Kier molecular flexibility index (Phi) is 4.33. The van der Waals surface area contributed by atoms with Crippen LogP contribution in [0.25, 0.3) is 0 Å². The van der Waals surface area contributed by atoms with E-state index in [0.29, 0.717) is 17.1 Å². The second-order valence-electron chi connectivity index (χ2n) is 3.91. The zero-order valence-electron chi connectivity index (χ0n) is 10.6. The maximum Gasteiger partial charge on any atom is 0.274 e. The van der Waals surface area contributed by atoms with Crippen molar-refractivity contribution in [3.05, 3.63) is 52.1 Å². The van der Waals surface area contributed by atoms with E-state index >= 15 is 0 Å². The summed E-state index contributed by atoms with van der Waals surface area (Å²) >= 11 is 3.28. The van der Waals surface area contributed by atoms with Gasteiger partial charge in [0.25, 0.3) is 5.91 Å². The van der Waals surface area contributed by atoms with Gasteiger partial charge < -0.3 is 10.6 Å². The number of nitrogens with one attached hydrogen (secondary N) is 2. The van der Waals surface area contributed by atoms with Gasteiger partial charge in [0.1, 0.15) is 17.6 Å². The molecule has 0 spiro atoms. The summed E-state index contributed by atoms with van der Waals surface area (Å²) in [7, 11) is 1.73. The SMILES string of the molecule is CNc1cccc(C(=O)Nc2ccc(Br)cc2C#N)n1. The number of halogens is 1. The number of carbonyl (C=O) groups is 1. The molecule has 0 fully saturated rings. The number of anilines is 2. The van der Waals surface area contributed by atoms with E-state index in [4.69, 9.17) is 5.26 Å². The average Bonchev–Trinajstić information content (AvgIpc) is 2.49. The molecule has 2 rings (SSSR count). The highest BCUT2D eigenvalue weighted by Crippen LogP contribution is 2.20. The summed E-state index contributed by atoms with van der Waals surface area (Å²) in [6.45, 7) is 0. The van der Waals surface area contributed by atoms with E-state index in [1.54, 1.807) is 43.4 Å². The van der Waals surface area contributed by atoms with Crippen LogP contribution in [0.1, 0.15) is 16.1 Å². The molecule has 0 aliphatic heterocycles. The van der Waals surface area contributed by atoms with Gasteiger partial charge >= 0.3 is 0 Å². The monoisotopic (exact) mass is 330 g/mol. The van der Waals surface area contributed by atoms with Crippen LogP contribution in [0.4, 0.5) is 11.5 Å². The minimum Gasteiger partial charge on any atom is -0.373 e. The highest BCUT2D eigenvalue weighted by molar-refractivity contribution is 9.10. The first kappa shape index (κ1) is 14.0. The second kappa shape index (κ2) is 6.17. The lowest BCUT2D eigenvalue weighted by Gasteiger charge is -2.08. The predicted molar refractivity (Wildman–Crippen MR) is 80.6 cm³/mol. The zero-order valence-corrected chi connectivity index (χ0v) is 12.2. The van der Waals surface area contributed by atoms with Gasteiger partial charge in [-0.05, 0) is 30.3 Å². The van der Waals surface area contributed by atoms with Gasteiger partial charge in [-0.1, -0.05) is 22.0 Å². The van der Waals surface area contributed by atoms with E-state index in [2.05, 4.69) is 31.5 Å². The van der Waals surface area contributed by atoms with E-state index in [9.17, 15) is 4.79 Å². The third-order valence-corrected chi connectivity index (χ3v) is 3.08. The minimum absolute atomic E-state index is 0.281. The summed E-state index contributed by atoms with van der Waals surface area (Å²) in [6.07, 6.45) is 0. The molecular weight excluding hydrogens is 320 g/mol. The molecule has 20 heavy (non-hydrogen) atoms. The maximum absolute atomic E-state index is 12.1. The van der Waals surface area contributed by atoms with Crippen molar-refractivity contribution in [3.63, 3.8) is 0 Å². The van der Waals surface area contributed by atoms with E-state index in [1.165, 1.54) is 0 Å². The quantitative estimate of drug-likeness (QED) is 0.906. The van der Waals surface area contributed by atoms with Crippen LogP contribution in [-0.2, 0) is 0 Å². The lowest BCUT2D eigenvalue weighted by atomic mass is 10.2. The Balaban J connectivity index is 2.26. The molecule has 0 unspecified atom stereocenters. The number of carbonyl (C=O) groups excluding carboxylic acids is 1. The summed E-state index contributed by atoms with van der Waals surface area (Å²) in [5.41, 5.74) is 1.12. The Morgan fingerprint density at radius 1 is 1.35 bits per heavy atom. The smallest absolute Gasteiger partial charge is 0.274 e. The number of aromatic nitrogens is 1. The molecule has 0 aliphatic carbocycles. The normalized spacial score (nSPS) is 9.65. The van der Waals surface area contributed by atoms with Gasteiger partial charge in [-0.2, -0.15) is 5.26 Å². The molecule has 0 bridgehead atoms. The molecule has 100 valence electrons. The maximum atomic E-state index is 12.1. The average molecular weight is 331 g/mol. The van der Waals surface area contributed by atoms with Crippen molar-refractivity contribution in [1.29, 1.82) is 5.26 Å². The summed E-state index contributed by atoms with van der Waals surface area (Å²) in [4.78, 5) is 16.3. The van der Waals surface area contributed by atoms with Crippen LogP contribution >= 0.6 is 15.9 Å². The molecule has 1 heterocycles. The zero-order chi connectivity index (χ0) is 14.5. The molecular formula is C14H11BrN4O. The molecule has 0 aliphatic rings. The number of benzene rings is 1. The number of amides is 1. The van der Waals surface area contributed by atoms with Crippen LogP contribution in [-0.4, -0.2) is 17.9 Å². The van der Waals surface area contributed by atoms with Crippen molar-refractivity contribution in [3.8, 4) is 6.07 Å². The molecule has 1 aromatic carbocycles. The molecule has 0 atom stereocenters. The Bertz CT molecular complexity index is 694. The van der Waals surface area contributed by atoms with Gasteiger partial charge in [0.15, 0.2) is 0 Å². The largest absolute Gasteiger partial charge is 0.373 e. The lowest BCUT2D eigenvalue weighted by Crippen LogP contribution is -2.15. The number of pyridine rings is 1. The van der Waals surface area contributed by atoms with Crippen molar-refractivity contribution in [2.45, 2.75) is 0 Å². The third kappa shape index (κ3) is 3.13. The van der Waals surface area contributed by atoms with Crippen LogP contribution in [0.2, 0.25) is 0 Å². The number of nitriles is 1. The van der Waals surface area contributed by atoms with E-state index in [1.807, 2.05) is 6.07 Å². The first-order valence-electron chi connectivity index (χ1n) is 5.80. The summed E-state index contributed by atoms with van der Waals surface area (Å²) in [6, 6.07) is 12.2. The van der Waals surface area contributed by atoms with Crippen molar-refractivity contribution < 1.29 is 4.79 Å². The van der Waals surface area contributed by atoms with Crippen LogP contribution in [0, 0.1) is 11.3 Å². The molecule has 5 nitrogen and oxygen atoms in total. The molecule has 2 aromatic rings. The van der Waals surface area contributed by atoms with E-state index < -0.39 is 0 Å². The second-order valence-corrected chi connectivity index (χ2v) is 4.83. The Hall–Kier alpha value is -2.39. The van der Waals surface area contributed by atoms with Crippen LogP contribution in [0.15, 0.2) is 40.9 Å². The molecule has 1 aromatic heterocycles. The number of hydrogen-bond donors (Lipinski definition) is 2. The fourth-order valence-corrected chi connectivity index (χ4v) is 1.97. The lowest BCUT2D eigenvalue weighted by molar-refractivity contribution is 0.102. The topological polar surface area (TPSA) is 77.8 Å². The van der Waals surface area contributed by atoms with Crippen molar-refractivity contribution >= 4 is 33.3 Å². The van der Waals surface area contributed by atoms with Gasteiger partial charge in [0, 0.05) is 11.5 Å². The van der Waals surface area contributed by atoms with Gasteiger partial charge in [0.2, 0.25) is 0 Å². The Morgan fingerprint density at radius 3 is 2.85 bits per heavy atom. The van der Waals surface area contributed by atoms with Crippen molar-refractivity contribution in [1.82, 2.24) is 4.98 Å². The van der Waals surface area contributed by atoms with Crippen LogP contribution in [0.3, 0.4) is 0 Å². The molecule has 0 saturated heterocycles. The van der Waals surface area contributed by atoms with Gasteiger partial charge in [-0.15, -0.1) is 0 Å². The van der Waals surface area contributed by atoms with Gasteiger partial charge in [0.05, 0.1) is 11.3 Å². The third-order valence-electron chi connectivity index (χ3n) is 2.59. The summed E-state index contributed by atoms with van der Waals surface area (Å²) in [5.74, 6) is 0.245. The molecule has 6 heteroatoms. The summed E-state index contributed by atoms with van der Waals surface area (Å²) in [5, 5.41) is 14.6. The fraction of sp³-hybridized carbons (Fsp3) is 0.0714. The highest BCUT2D eigenvalue weighted by atomic mass is 79.9. The van der Waals surface area contributed by atoms with E-state index in [0.717, 1.165) is 4.47 Å². The van der Waals surface area contributed by atoms with Crippen molar-refractivity contribution in [2.75, 3.05) is 17.7 Å². The number of nitrogens with zero attached hydrogens (tertiary/aromatic N) is 2. The van der Waals surface area contributed by atoms with Gasteiger partial charge in [-0.25, -0.2) is 4.98 Å². The Morgan fingerprint density at radius 2 is 2.15 bits per heavy atom. The summed E-state index contributed by atoms with van der Waals surface area (Å²) < 4.78 is 0.780. The van der Waals surface area contributed by atoms with Crippen LogP contribution < -0.4 is 10.6 Å². The predicted octanol–water partition coefficient (Wildman–Crippen LogP) is 3.01. The molecule has 2 N–H and O–H groups in total. The molecule has 0 saturated carbocycles. The standard InChI is InChI=1S/C14H11BrN4O/c1-17-13-4-2-3-12(18-13)14(20)19-11-6-5-10(15)7-9(11)8-16/h2-7H,1H3,(H,17,18)(H,19,20). The van der Waals surface area contributed by atoms with E-state index in [-0.39, 0.29) is 11.6 Å². The first-order valence-corrected chi connectivity index (χ1v) is 6.59. The van der Waals surface area contributed by atoms with Crippen LogP contribution in [0.5, 0.6) is 0 Å². The Labute approximate surface area is 124 Å². The number of rotatable bonds is 3. The first-order chi connectivity index (χ1) is 9.63.